The lowest BCUT2D eigenvalue weighted by atomic mass is 9.97. The summed E-state index contributed by atoms with van der Waals surface area (Å²) in [4.78, 5) is 22.8. The molecule has 0 bridgehead atoms. The summed E-state index contributed by atoms with van der Waals surface area (Å²) in [6.45, 7) is 2.38. The molecule has 9 nitrogen and oxygen atoms in total. The van der Waals surface area contributed by atoms with Crippen molar-refractivity contribution in [3.8, 4) is 11.6 Å². The van der Waals surface area contributed by atoms with Crippen molar-refractivity contribution in [2.45, 2.75) is 57.8 Å². The number of carboxylic acid groups (broad SMARTS) is 1. The fourth-order valence-electron chi connectivity index (χ4n) is 5.78. The molecule has 0 radical (unpaired) electrons. The lowest BCUT2D eigenvalue weighted by Crippen LogP contribution is -2.36. The van der Waals surface area contributed by atoms with Crippen molar-refractivity contribution < 1.29 is 50.5 Å². The van der Waals surface area contributed by atoms with Crippen LogP contribution >= 0.6 is 0 Å². The molecule has 15 heteroatoms. The van der Waals surface area contributed by atoms with Gasteiger partial charge in [-0.3, -0.25) is 4.90 Å². The number of imidazole rings is 1. The SMILES string of the molecule is COc1cc(C(=O)O)cc2c1nc(CN1CCc3cc(C(F)(F)F)c(OCc4c(F)cc(F)cc4F)nc3[C@@H]1C)n2C[C@@H]1CCO1. The molecule has 1 fully saturated rings. The number of carbonyl (C=O) groups is 1. The van der Waals surface area contributed by atoms with Crippen LogP contribution in [0, 0.1) is 17.5 Å². The van der Waals surface area contributed by atoms with Gasteiger partial charge in [-0.1, -0.05) is 0 Å². The summed E-state index contributed by atoms with van der Waals surface area (Å²) >= 11 is 0. The van der Waals surface area contributed by atoms with E-state index in [-0.39, 0.29) is 36.1 Å². The quantitative estimate of drug-likeness (QED) is 0.219. The molecule has 46 heavy (non-hydrogen) atoms. The molecule has 1 N–H and O–H groups in total. The van der Waals surface area contributed by atoms with E-state index < -0.39 is 59.3 Å². The summed E-state index contributed by atoms with van der Waals surface area (Å²) in [7, 11) is 1.41. The van der Waals surface area contributed by atoms with Gasteiger partial charge in [-0.15, -0.1) is 0 Å². The van der Waals surface area contributed by atoms with E-state index in [1.165, 1.54) is 19.2 Å². The molecule has 6 rings (SSSR count). The molecule has 4 heterocycles. The van der Waals surface area contributed by atoms with Gasteiger partial charge in [-0.2, -0.15) is 13.2 Å². The maximum absolute atomic E-state index is 14.2. The second kappa shape index (κ2) is 12.1. The highest BCUT2D eigenvalue weighted by atomic mass is 19.4. The highest BCUT2D eigenvalue weighted by molar-refractivity contribution is 5.95. The molecule has 2 aromatic heterocycles. The maximum atomic E-state index is 14.2. The minimum Gasteiger partial charge on any atom is -0.494 e. The lowest BCUT2D eigenvalue weighted by molar-refractivity contribution is -0.139. The first-order valence-corrected chi connectivity index (χ1v) is 14.4. The number of hydrogen-bond donors (Lipinski definition) is 1. The van der Waals surface area contributed by atoms with E-state index in [1.807, 2.05) is 9.47 Å². The molecule has 1 saturated heterocycles. The zero-order valence-corrected chi connectivity index (χ0v) is 24.6. The van der Waals surface area contributed by atoms with Crippen molar-refractivity contribution in [3.05, 3.63) is 81.6 Å². The summed E-state index contributed by atoms with van der Waals surface area (Å²) in [6, 6.07) is 4.12. The number of carboxylic acids is 1. The predicted molar refractivity (Wildman–Crippen MR) is 150 cm³/mol. The van der Waals surface area contributed by atoms with Crippen LogP contribution in [0.3, 0.4) is 0 Å². The second-order valence-corrected chi connectivity index (χ2v) is 11.2. The van der Waals surface area contributed by atoms with Crippen molar-refractivity contribution in [2.75, 3.05) is 20.3 Å². The van der Waals surface area contributed by atoms with Crippen LogP contribution in [0.1, 0.15) is 58.0 Å². The number of benzene rings is 2. The Kier molecular flexibility index (Phi) is 8.31. The van der Waals surface area contributed by atoms with Gasteiger partial charge < -0.3 is 23.9 Å². The molecule has 0 unspecified atom stereocenters. The maximum Gasteiger partial charge on any atom is 0.421 e. The van der Waals surface area contributed by atoms with Gasteiger partial charge >= 0.3 is 12.1 Å². The Morgan fingerprint density at radius 3 is 2.43 bits per heavy atom. The van der Waals surface area contributed by atoms with Crippen molar-refractivity contribution >= 4 is 17.0 Å². The molecular weight excluding hydrogens is 622 g/mol. The first-order chi connectivity index (χ1) is 21.8. The molecule has 0 amide bonds. The van der Waals surface area contributed by atoms with E-state index in [4.69, 9.17) is 19.2 Å². The molecule has 0 aliphatic carbocycles. The van der Waals surface area contributed by atoms with Gasteiger partial charge in [-0.25, -0.2) is 27.9 Å². The summed E-state index contributed by atoms with van der Waals surface area (Å²) in [5.74, 6) is -4.93. The van der Waals surface area contributed by atoms with E-state index in [0.717, 1.165) is 12.5 Å². The van der Waals surface area contributed by atoms with E-state index in [1.54, 1.807) is 6.92 Å². The van der Waals surface area contributed by atoms with E-state index in [0.29, 0.717) is 54.3 Å². The largest absolute Gasteiger partial charge is 0.494 e. The van der Waals surface area contributed by atoms with Gasteiger partial charge in [0, 0.05) is 25.3 Å². The predicted octanol–water partition coefficient (Wildman–Crippen LogP) is 6.06. The Bertz CT molecular complexity index is 1800. The fourth-order valence-corrected chi connectivity index (χ4v) is 5.78. The fraction of sp³-hybridized carbons (Fsp3) is 0.387. The molecule has 244 valence electrons. The number of hydrogen-bond acceptors (Lipinski definition) is 7. The molecule has 2 aliphatic rings. The molecule has 0 saturated carbocycles. The molecule has 4 aromatic rings. The number of nitrogens with zero attached hydrogens (tertiary/aromatic N) is 4. The summed E-state index contributed by atoms with van der Waals surface area (Å²) < 4.78 is 102. The number of aromatic nitrogens is 3. The molecule has 2 aromatic carbocycles. The van der Waals surface area contributed by atoms with Gasteiger partial charge in [-0.05, 0) is 43.5 Å². The van der Waals surface area contributed by atoms with Crippen LogP contribution in [0.5, 0.6) is 11.6 Å². The van der Waals surface area contributed by atoms with Crippen molar-refractivity contribution in [2.24, 2.45) is 0 Å². The summed E-state index contributed by atoms with van der Waals surface area (Å²) in [5.41, 5.74) is -0.300. The van der Waals surface area contributed by atoms with Gasteiger partial charge in [0.2, 0.25) is 5.88 Å². The first-order valence-electron chi connectivity index (χ1n) is 14.4. The number of methoxy groups -OCH3 is 1. The average Bonchev–Trinajstić information content (AvgIpc) is 3.31. The smallest absolute Gasteiger partial charge is 0.421 e. The molecule has 0 spiro atoms. The van der Waals surface area contributed by atoms with Gasteiger partial charge in [0.05, 0.1) is 54.7 Å². The standard InChI is InChI=1S/C31H28F6N4O5/c1-15-27-16(7-21(31(35,36)37)29(39-27)46-14-20-22(33)10-18(32)11-23(20)34)3-5-40(15)13-26-38-28-24(41(26)12-19-4-6-45-19)8-17(30(42)43)9-25(28)44-2/h7-11,15,19H,3-6,12-14H2,1-2H3,(H,42,43)/t15-,19-/m0/s1. The summed E-state index contributed by atoms with van der Waals surface area (Å²) in [6.07, 6.45) is -3.97. The lowest BCUT2D eigenvalue weighted by Gasteiger charge is -2.35. The zero-order valence-electron chi connectivity index (χ0n) is 24.6. The Morgan fingerprint density at radius 1 is 1.11 bits per heavy atom. The van der Waals surface area contributed by atoms with E-state index in [2.05, 4.69) is 4.98 Å². The molecule has 2 atom stereocenters. The van der Waals surface area contributed by atoms with Crippen LogP contribution in [0.4, 0.5) is 26.3 Å². The number of ether oxygens (including phenoxy) is 3. The highest BCUT2D eigenvalue weighted by Gasteiger charge is 2.39. The van der Waals surface area contributed by atoms with Crippen LogP contribution in [-0.2, 0) is 37.0 Å². The average molecular weight is 651 g/mol. The topological polar surface area (TPSA) is 98.9 Å². The third-order valence-electron chi connectivity index (χ3n) is 8.37. The molecular formula is C31H28F6N4O5. The second-order valence-electron chi connectivity index (χ2n) is 11.2. The summed E-state index contributed by atoms with van der Waals surface area (Å²) in [5, 5.41) is 9.67. The Balaban J connectivity index is 1.34. The van der Waals surface area contributed by atoms with Gasteiger partial charge in [0.1, 0.15) is 46.7 Å². The van der Waals surface area contributed by atoms with Gasteiger partial charge in [0.25, 0.3) is 0 Å². The van der Waals surface area contributed by atoms with Crippen LogP contribution in [0.2, 0.25) is 0 Å². The van der Waals surface area contributed by atoms with Crippen LogP contribution in [-0.4, -0.2) is 56.9 Å². The van der Waals surface area contributed by atoms with E-state index >= 15 is 0 Å². The monoisotopic (exact) mass is 650 g/mol. The number of alkyl halides is 3. The third-order valence-corrected chi connectivity index (χ3v) is 8.37. The highest BCUT2D eigenvalue weighted by Crippen LogP contribution is 2.40. The number of halogens is 6. The van der Waals surface area contributed by atoms with Gasteiger partial charge in [0.15, 0.2) is 0 Å². The minimum absolute atomic E-state index is 0.0180. The number of rotatable bonds is 9. The normalized spacial score (nSPS) is 18.3. The van der Waals surface area contributed by atoms with E-state index in [9.17, 15) is 36.2 Å². The first kappa shape index (κ1) is 31.6. The Labute approximate surface area is 258 Å². The number of aromatic carboxylic acids is 1. The van der Waals surface area contributed by atoms with Crippen LogP contribution < -0.4 is 9.47 Å². The zero-order chi connectivity index (χ0) is 32.9. The number of fused-ring (bicyclic) bond motifs is 2. The minimum atomic E-state index is -4.88. The van der Waals surface area contributed by atoms with Crippen LogP contribution in [0.25, 0.3) is 11.0 Å². The van der Waals surface area contributed by atoms with Crippen LogP contribution in [0.15, 0.2) is 30.3 Å². The Morgan fingerprint density at radius 2 is 1.83 bits per heavy atom. The van der Waals surface area contributed by atoms with Crippen molar-refractivity contribution in [3.63, 3.8) is 0 Å². The van der Waals surface area contributed by atoms with Crippen molar-refractivity contribution in [1.82, 2.24) is 19.4 Å². The number of pyridine rings is 1. The third kappa shape index (κ3) is 5.96. The molecule has 2 aliphatic heterocycles. The van der Waals surface area contributed by atoms with Crippen molar-refractivity contribution in [1.29, 1.82) is 0 Å². The Hall–Kier alpha value is -4.37.